The van der Waals surface area contributed by atoms with E-state index in [9.17, 15) is 4.79 Å². The second-order valence-electron chi connectivity index (χ2n) is 6.36. The molecule has 0 spiro atoms. The number of rotatable bonds is 6. The first kappa shape index (κ1) is 17.0. The average Bonchev–Trinajstić information content (AvgIpc) is 2.93. The maximum absolute atomic E-state index is 12.1. The number of nitriles is 1. The quantitative estimate of drug-likeness (QED) is 0.693. The third kappa shape index (κ3) is 3.81. The van der Waals surface area contributed by atoms with Gasteiger partial charge in [-0.25, -0.2) is 4.79 Å². The van der Waals surface area contributed by atoms with Crippen molar-refractivity contribution in [3.05, 3.63) is 58.6 Å². The van der Waals surface area contributed by atoms with Gasteiger partial charge < -0.3 is 9.32 Å². The average molecular weight is 335 g/mol. The molecular formula is C20H21N3O2. The summed E-state index contributed by atoms with van der Waals surface area (Å²) < 4.78 is 7.02. The van der Waals surface area contributed by atoms with Crippen LogP contribution in [0.15, 0.2) is 51.7 Å². The molecule has 3 aromatic rings. The van der Waals surface area contributed by atoms with Gasteiger partial charge in [0.2, 0.25) is 0 Å². The van der Waals surface area contributed by atoms with E-state index in [0.29, 0.717) is 18.5 Å². The van der Waals surface area contributed by atoms with Crippen LogP contribution >= 0.6 is 0 Å². The molecule has 0 saturated heterocycles. The lowest BCUT2D eigenvalue weighted by Crippen LogP contribution is -2.23. The third-order valence-corrected chi connectivity index (χ3v) is 4.25. The Balaban J connectivity index is 1.93. The van der Waals surface area contributed by atoms with Gasteiger partial charge in [-0.1, -0.05) is 30.3 Å². The lowest BCUT2D eigenvalue weighted by molar-refractivity contribution is 0.374. The van der Waals surface area contributed by atoms with Crippen LogP contribution in [0.1, 0.15) is 12.0 Å². The zero-order valence-corrected chi connectivity index (χ0v) is 14.5. The van der Waals surface area contributed by atoms with Gasteiger partial charge in [-0.05, 0) is 49.3 Å². The molecule has 0 N–H and O–H groups in total. The van der Waals surface area contributed by atoms with Gasteiger partial charge in [-0.2, -0.15) is 5.26 Å². The molecule has 0 aliphatic carbocycles. The van der Waals surface area contributed by atoms with Gasteiger partial charge in [-0.15, -0.1) is 0 Å². The minimum Gasteiger partial charge on any atom is -0.408 e. The predicted molar refractivity (Wildman–Crippen MR) is 98.4 cm³/mol. The van der Waals surface area contributed by atoms with E-state index in [4.69, 9.17) is 9.68 Å². The molecule has 0 atom stereocenters. The second-order valence-corrected chi connectivity index (χ2v) is 6.36. The summed E-state index contributed by atoms with van der Waals surface area (Å²) in [5.41, 5.74) is 4.70. The van der Waals surface area contributed by atoms with E-state index < -0.39 is 0 Å². The fourth-order valence-electron chi connectivity index (χ4n) is 2.82. The van der Waals surface area contributed by atoms with Crippen molar-refractivity contribution >= 4 is 11.1 Å². The summed E-state index contributed by atoms with van der Waals surface area (Å²) in [6.45, 7) is 1.36. The van der Waals surface area contributed by atoms with Crippen molar-refractivity contribution in [3.8, 4) is 17.2 Å². The second kappa shape index (κ2) is 7.37. The number of aryl methyl sites for hydroxylation is 1. The summed E-state index contributed by atoms with van der Waals surface area (Å²) in [5, 5.41) is 8.68. The minimum absolute atomic E-state index is 0.319. The van der Waals surface area contributed by atoms with E-state index in [1.807, 2.05) is 49.3 Å². The fraction of sp³-hybridized carbons (Fsp3) is 0.300. The Labute approximate surface area is 146 Å². The number of oxazole rings is 1. The van der Waals surface area contributed by atoms with Crippen LogP contribution in [0.3, 0.4) is 0 Å². The maximum atomic E-state index is 12.1. The minimum atomic E-state index is -0.319. The molecule has 1 heterocycles. The van der Waals surface area contributed by atoms with E-state index >= 15 is 0 Å². The van der Waals surface area contributed by atoms with Gasteiger partial charge in [0.25, 0.3) is 0 Å². The zero-order chi connectivity index (χ0) is 17.8. The van der Waals surface area contributed by atoms with Gasteiger partial charge >= 0.3 is 5.76 Å². The molecule has 0 unspecified atom stereocenters. The van der Waals surface area contributed by atoms with Crippen molar-refractivity contribution in [2.45, 2.75) is 19.4 Å². The molecule has 0 amide bonds. The van der Waals surface area contributed by atoms with Gasteiger partial charge in [-0.3, -0.25) is 4.57 Å². The molecule has 0 saturated carbocycles. The lowest BCUT2D eigenvalue weighted by Gasteiger charge is -2.09. The van der Waals surface area contributed by atoms with Crippen molar-refractivity contribution in [1.29, 1.82) is 5.26 Å². The summed E-state index contributed by atoms with van der Waals surface area (Å²) in [4.78, 5) is 14.1. The smallest absolute Gasteiger partial charge is 0.408 e. The molecule has 0 aliphatic rings. The molecule has 1 aromatic heterocycles. The number of fused-ring (bicyclic) bond motifs is 1. The summed E-state index contributed by atoms with van der Waals surface area (Å²) in [5.74, 6) is -0.319. The van der Waals surface area contributed by atoms with Crippen LogP contribution in [0.5, 0.6) is 0 Å². The third-order valence-electron chi connectivity index (χ3n) is 4.25. The SMILES string of the molecule is CN(C)CCn1c(=O)oc2ccc(-c3ccc(CCC#N)cc3)cc21. The summed E-state index contributed by atoms with van der Waals surface area (Å²) in [6.07, 6.45) is 1.29. The van der Waals surface area contributed by atoms with Crippen molar-refractivity contribution in [2.24, 2.45) is 0 Å². The van der Waals surface area contributed by atoms with E-state index in [1.54, 1.807) is 4.57 Å². The Morgan fingerprint density at radius 3 is 2.52 bits per heavy atom. The number of likely N-dealkylation sites (N-methyl/N-ethyl adjacent to an activating group) is 1. The molecule has 3 rings (SSSR count). The Morgan fingerprint density at radius 1 is 1.12 bits per heavy atom. The van der Waals surface area contributed by atoms with E-state index in [2.05, 4.69) is 18.2 Å². The maximum Gasteiger partial charge on any atom is 0.419 e. The van der Waals surface area contributed by atoms with Gasteiger partial charge in [0.05, 0.1) is 11.6 Å². The fourth-order valence-corrected chi connectivity index (χ4v) is 2.82. The first-order valence-electron chi connectivity index (χ1n) is 8.33. The highest BCUT2D eigenvalue weighted by atomic mass is 16.4. The van der Waals surface area contributed by atoms with Gasteiger partial charge in [0.1, 0.15) is 0 Å². The molecule has 0 radical (unpaired) electrons. The van der Waals surface area contributed by atoms with Crippen molar-refractivity contribution in [2.75, 3.05) is 20.6 Å². The zero-order valence-electron chi connectivity index (χ0n) is 14.5. The molecule has 0 bridgehead atoms. The largest absolute Gasteiger partial charge is 0.419 e. The molecule has 0 fully saturated rings. The number of nitrogens with zero attached hydrogens (tertiary/aromatic N) is 3. The Kier molecular flexibility index (Phi) is 5.01. The van der Waals surface area contributed by atoms with Crippen LogP contribution in [-0.2, 0) is 13.0 Å². The molecule has 0 aliphatic heterocycles. The summed E-state index contributed by atoms with van der Waals surface area (Å²) in [6, 6.07) is 16.2. The van der Waals surface area contributed by atoms with Crippen LogP contribution in [0.2, 0.25) is 0 Å². The van der Waals surface area contributed by atoms with Gasteiger partial charge in [0, 0.05) is 19.5 Å². The molecule has 25 heavy (non-hydrogen) atoms. The first-order chi connectivity index (χ1) is 12.1. The van der Waals surface area contributed by atoms with Crippen LogP contribution < -0.4 is 5.76 Å². The number of benzene rings is 2. The molecule has 2 aromatic carbocycles. The number of hydrogen-bond acceptors (Lipinski definition) is 4. The van der Waals surface area contributed by atoms with Gasteiger partial charge in [0.15, 0.2) is 5.58 Å². The van der Waals surface area contributed by atoms with E-state index in [0.717, 1.165) is 35.2 Å². The number of hydrogen-bond donors (Lipinski definition) is 0. The van der Waals surface area contributed by atoms with Crippen LogP contribution in [-0.4, -0.2) is 30.1 Å². The van der Waals surface area contributed by atoms with Crippen molar-refractivity contribution in [3.63, 3.8) is 0 Å². The highest BCUT2D eigenvalue weighted by molar-refractivity contribution is 5.80. The Bertz CT molecular complexity index is 959. The normalized spacial score (nSPS) is 11.1. The Hall–Kier alpha value is -2.84. The molecule has 5 heteroatoms. The monoisotopic (exact) mass is 335 g/mol. The molecule has 128 valence electrons. The Morgan fingerprint density at radius 2 is 1.84 bits per heavy atom. The van der Waals surface area contributed by atoms with Crippen LogP contribution in [0, 0.1) is 11.3 Å². The number of aromatic nitrogens is 1. The predicted octanol–water partition coefficient (Wildman–Crippen LogP) is 3.28. The topological polar surface area (TPSA) is 62.2 Å². The molecule has 5 nitrogen and oxygen atoms in total. The van der Waals surface area contributed by atoms with E-state index in [-0.39, 0.29) is 5.76 Å². The lowest BCUT2D eigenvalue weighted by atomic mass is 10.0. The summed E-state index contributed by atoms with van der Waals surface area (Å²) >= 11 is 0. The van der Waals surface area contributed by atoms with Crippen molar-refractivity contribution in [1.82, 2.24) is 9.47 Å². The molecular weight excluding hydrogens is 314 g/mol. The standard InChI is InChI=1S/C20H21N3O2/c1-22(2)12-13-23-18-14-17(9-10-19(18)25-20(23)24)16-7-5-15(6-8-16)4-3-11-21/h5-10,14H,3-4,12-13H2,1-2H3. The highest BCUT2D eigenvalue weighted by Gasteiger charge is 2.11. The van der Waals surface area contributed by atoms with E-state index in [1.165, 1.54) is 0 Å². The van der Waals surface area contributed by atoms with Crippen molar-refractivity contribution < 1.29 is 4.42 Å². The first-order valence-corrected chi connectivity index (χ1v) is 8.33. The summed E-state index contributed by atoms with van der Waals surface area (Å²) in [7, 11) is 3.96. The highest BCUT2D eigenvalue weighted by Crippen LogP contribution is 2.24. The van der Waals surface area contributed by atoms with Crippen LogP contribution in [0.4, 0.5) is 0 Å². The van der Waals surface area contributed by atoms with Crippen LogP contribution in [0.25, 0.3) is 22.2 Å².